The first kappa shape index (κ1) is 17.4. The molecule has 0 atom stereocenters. The van der Waals surface area contributed by atoms with Gasteiger partial charge in [-0.05, 0) is 56.7 Å². The maximum Gasteiger partial charge on any atom is 0.246 e. The maximum atomic E-state index is 12.7. The third-order valence-electron chi connectivity index (χ3n) is 3.50. The van der Waals surface area contributed by atoms with Crippen LogP contribution in [0.15, 0.2) is 47.5 Å². The molecule has 0 spiro atoms. The summed E-state index contributed by atoms with van der Waals surface area (Å²) in [4.78, 5) is 16.5. The largest absolute Gasteiger partial charge is 0.309 e. The van der Waals surface area contributed by atoms with Crippen molar-refractivity contribution in [2.24, 2.45) is 0 Å². The number of benzene rings is 1. The lowest BCUT2D eigenvalue weighted by atomic mass is 10.2. The molecule has 0 aliphatic heterocycles. The van der Waals surface area contributed by atoms with Crippen LogP contribution >= 0.6 is 11.6 Å². The summed E-state index contributed by atoms with van der Waals surface area (Å²) in [5, 5.41) is 2.97. The van der Waals surface area contributed by atoms with Crippen LogP contribution < -0.4 is 5.32 Å². The van der Waals surface area contributed by atoms with Gasteiger partial charge >= 0.3 is 0 Å². The number of sulfone groups is 1. The summed E-state index contributed by atoms with van der Waals surface area (Å²) in [6.07, 6.45) is 1.59. The van der Waals surface area contributed by atoms with Crippen molar-refractivity contribution in [2.75, 3.05) is 5.32 Å². The first-order chi connectivity index (χ1) is 10.6. The third-order valence-corrected chi connectivity index (χ3v) is 6.17. The molecule has 0 saturated carbocycles. The quantitative estimate of drug-likeness (QED) is 0.916. The third kappa shape index (κ3) is 3.54. The van der Waals surface area contributed by atoms with Gasteiger partial charge in [0, 0.05) is 11.2 Å². The average Bonchev–Trinajstić information content (AvgIpc) is 2.49. The van der Waals surface area contributed by atoms with Gasteiger partial charge in [-0.1, -0.05) is 17.7 Å². The molecule has 1 amide bonds. The second kappa shape index (κ2) is 6.29. The summed E-state index contributed by atoms with van der Waals surface area (Å²) in [6.45, 7) is 4.59. The minimum absolute atomic E-state index is 0.0407. The highest BCUT2D eigenvalue weighted by Gasteiger charge is 2.43. The van der Waals surface area contributed by atoms with Crippen LogP contribution in [0.2, 0.25) is 5.02 Å². The predicted molar refractivity (Wildman–Crippen MR) is 90.3 cm³/mol. The van der Waals surface area contributed by atoms with Crippen LogP contribution in [0.25, 0.3) is 0 Å². The Morgan fingerprint density at radius 3 is 2.26 bits per heavy atom. The van der Waals surface area contributed by atoms with E-state index in [1.54, 1.807) is 18.3 Å². The Hall–Kier alpha value is -1.92. The van der Waals surface area contributed by atoms with E-state index in [0.717, 1.165) is 5.56 Å². The number of nitrogens with one attached hydrogen (secondary N) is 1. The zero-order valence-electron chi connectivity index (χ0n) is 13.0. The van der Waals surface area contributed by atoms with E-state index in [4.69, 9.17) is 11.6 Å². The first-order valence-corrected chi connectivity index (χ1v) is 8.75. The van der Waals surface area contributed by atoms with Crippen LogP contribution in [0, 0.1) is 6.92 Å². The number of aryl methyl sites for hydroxylation is 1. The van der Waals surface area contributed by atoms with Gasteiger partial charge in [-0.25, -0.2) is 13.4 Å². The smallest absolute Gasteiger partial charge is 0.246 e. The Morgan fingerprint density at radius 1 is 1.13 bits per heavy atom. The molecule has 2 rings (SSSR count). The Morgan fingerprint density at radius 2 is 1.74 bits per heavy atom. The number of rotatable bonds is 4. The number of amides is 1. The minimum atomic E-state index is -3.88. The lowest BCUT2D eigenvalue weighted by molar-refractivity contribution is -0.117. The van der Waals surface area contributed by atoms with Crippen molar-refractivity contribution in [1.82, 2.24) is 4.98 Å². The van der Waals surface area contributed by atoms with Gasteiger partial charge in [0.25, 0.3) is 0 Å². The van der Waals surface area contributed by atoms with Crippen LogP contribution in [-0.4, -0.2) is 24.1 Å². The van der Waals surface area contributed by atoms with E-state index in [1.165, 1.54) is 38.1 Å². The number of hydrogen-bond donors (Lipinski definition) is 1. The van der Waals surface area contributed by atoms with E-state index < -0.39 is 20.5 Å². The monoisotopic (exact) mass is 352 g/mol. The highest BCUT2D eigenvalue weighted by molar-refractivity contribution is 7.93. The number of nitrogens with zero attached hydrogens (tertiary/aromatic N) is 1. The number of halogens is 1. The fourth-order valence-corrected chi connectivity index (χ4v) is 3.34. The number of anilines is 1. The van der Waals surface area contributed by atoms with Crippen molar-refractivity contribution < 1.29 is 13.2 Å². The summed E-state index contributed by atoms with van der Waals surface area (Å²) < 4.78 is 23.8. The SMILES string of the molecule is Cc1ccc(NC(=O)C(C)(C)S(=O)(=O)c2ccc(Cl)cc2)nc1. The van der Waals surface area contributed by atoms with Crippen molar-refractivity contribution in [2.45, 2.75) is 30.4 Å². The molecule has 0 aliphatic carbocycles. The Kier molecular flexibility index (Phi) is 4.77. The van der Waals surface area contributed by atoms with Gasteiger partial charge in [0.2, 0.25) is 5.91 Å². The topological polar surface area (TPSA) is 76.1 Å². The molecule has 0 unspecified atom stereocenters. The molecule has 0 saturated heterocycles. The Balaban J connectivity index is 2.30. The predicted octanol–water partition coefficient (Wildman–Crippen LogP) is 3.23. The molecular weight excluding hydrogens is 336 g/mol. The maximum absolute atomic E-state index is 12.7. The number of pyridine rings is 1. The Bertz CT molecular complexity index is 813. The number of carbonyl (C=O) groups is 1. The second-order valence-corrected chi connectivity index (χ2v) is 8.58. The van der Waals surface area contributed by atoms with Gasteiger partial charge in [0.15, 0.2) is 9.84 Å². The fraction of sp³-hybridized carbons (Fsp3) is 0.250. The zero-order valence-corrected chi connectivity index (χ0v) is 14.6. The van der Waals surface area contributed by atoms with E-state index in [2.05, 4.69) is 10.3 Å². The van der Waals surface area contributed by atoms with Crippen molar-refractivity contribution in [1.29, 1.82) is 0 Å². The molecule has 7 heteroatoms. The molecule has 1 aromatic heterocycles. The van der Waals surface area contributed by atoms with E-state index in [9.17, 15) is 13.2 Å². The second-order valence-electron chi connectivity index (χ2n) is 5.64. The zero-order chi connectivity index (χ0) is 17.3. The summed E-state index contributed by atoms with van der Waals surface area (Å²) in [6, 6.07) is 9.13. The highest BCUT2D eigenvalue weighted by Crippen LogP contribution is 2.27. The van der Waals surface area contributed by atoms with Gasteiger partial charge in [-0.2, -0.15) is 0 Å². The lowest BCUT2D eigenvalue weighted by Gasteiger charge is -2.23. The van der Waals surface area contributed by atoms with Gasteiger partial charge < -0.3 is 5.32 Å². The van der Waals surface area contributed by atoms with E-state index in [0.29, 0.717) is 10.8 Å². The molecule has 1 aromatic carbocycles. The first-order valence-electron chi connectivity index (χ1n) is 6.89. The molecule has 0 bridgehead atoms. The van der Waals surface area contributed by atoms with E-state index in [-0.39, 0.29) is 4.90 Å². The highest BCUT2D eigenvalue weighted by atomic mass is 35.5. The van der Waals surface area contributed by atoms with Crippen molar-refractivity contribution in [3.63, 3.8) is 0 Å². The standard InChI is InChI=1S/C16H17ClN2O3S/c1-11-4-9-14(18-10-11)19-15(20)16(2,3)23(21,22)13-7-5-12(17)6-8-13/h4-10H,1-3H3,(H,18,19,20). The van der Waals surface area contributed by atoms with Gasteiger partial charge in [0.05, 0.1) is 4.90 Å². The van der Waals surface area contributed by atoms with Crippen LogP contribution in [0.3, 0.4) is 0 Å². The summed E-state index contributed by atoms with van der Waals surface area (Å²) in [5.74, 6) is -0.344. The van der Waals surface area contributed by atoms with Crippen LogP contribution in [0.4, 0.5) is 5.82 Å². The average molecular weight is 353 g/mol. The molecule has 23 heavy (non-hydrogen) atoms. The molecule has 122 valence electrons. The summed E-state index contributed by atoms with van der Waals surface area (Å²) in [5.41, 5.74) is 0.941. The van der Waals surface area contributed by atoms with E-state index in [1.807, 2.05) is 6.92 Å². The molecule has 5 nitrogen and oxygen atoms in total. The van der Waals surface area contributed by atoms with Gasteiger partial charge in [-0.3, -0.25) is 4.79 Å². The van der Waals surface area contributed by atoms with Crippen molar-refractivity contribution in [3.05, 3.63) is 53.2 Å². The van der Waals surface area contributed by atoms with Gasteiger partial charge in [0.1, 0.15) is 10.6 Å². The summed E-state index contributed by atoms with van der Waals surface area (Å²) in [7, 11) is -3.88. The molecular formula is C16H17ClN2O3S. The number of aromatic nitrogens is 1. The van der Waals surface area contributed by atoms with Crippen LogP contribution in [0.5, 0.6) is 0 Å². The fourth-order valence-electron chi connectivity index (χ4n) is 1.84. The van der Waals surface area contributed by atoms with E-state index >= 15 is 0 Å². The molecule has 0 aliphatic rings. The molecule has 1 N–H and O–H groups in total. The van der Waals surface area contributed by atoms with Crippen molar-refractivity contribution >= 4 is 33.2 Å². The molecule has 1 heterocycles. The Labute approximate surface area is 140 Å². The normalized spacial score (nSPS) is 12.0. The minimum Gasteiger partial charge on any atom is -0.309 e. The molecule has 0 fully saturated rings. The van der Waals surface area contributed by atoms with Crippen LogP contribution in [-0.2, 0) is 14.6 Å². The lowest BCUT2D eigenvalue weighted by Crippen LogP contribution is -2.44. The molecule has 2 aromatic rings. The molecule has 0 radical (unpaired) electrons. The van der Waals surface area contributed by atoms with Crippen molar-refractivity contribution in [3.8, 4) is 0 Å². The number of hydrogen-bond acceptors (Lipinski definition) is 4. The summed E-state index contributed by atoms with van der Waals surface area (Å²) >= 11 is 5.78. The number of carbonyl (C=O) groups excluding carboxylic acids is 1. The van der Waals surface area contributed by atoms with Crippen LogP contribution in [0.1, 0.15) is 19.4 Å². The van der Waals surface area contributed by atoms with Gasteiger partial charge in [-0.15, -0.1) is 0 Å².